The maximum Gasteiger partial charge on any atom is 0.161 e. The van der Waals surface area contributed by atoms with Crippen LogP contribution in [-0.2, 0) is 0 Å². The maximum absolute atomic E-state index is 4.72. The van der Waals surface area contributed by atoms with Gasteiger partial charge in [0.25, 0.3) is 0 Å². The average molecular weight is 360 g/mol. The second-order valence-electron chi connectivity index (χ2n) is 6.99. The van der Waals surface area contributed by atoms with E-state index in [1.54, 1.807) is 4.68 Å². The predicted molar refractivity (Wildman–Crippen MR) is 102 cm³/mol. The van der Waals surface area contributed by atoms with Gasteiger partial charge in [-0.1, -0.05) is 12.1 Å². The van der Waals surface area contributed by atoms with E-state index >= 15 is 0 Å². The van der Waals surface area contributed by atoms with E-state index < -0.39 is 0 Å². The molecule has 8 nitrogen and oxygen atoms in total. The second kappa shape index (κ2) is 5.87. The van der Waals surface area contributed by atoms with Crippen molar-refractivity contribution in [3.05, 3.63) is 53.6 Å². The number of aromatic nitrogens is 7. The van der Waals surface area contributed by atoms with Gasteiger partial charge in [0.05, 0.1) is 17.0 Å². The molecule has 0 aliphatic carbocycles. The fourth-order valence-corrected chi connectivity index (χ4v) is 3.55. The Morgan fingerprint density at radius 1 is 0.926 bits per heavy atom. The first kappa shape index (κ1) is 15.9. The van der Waals surface area contributed by atoms with Crippen LogP contribution in [-0.4, -0.2) is 47.8 Å². The molecule has 0 amide bonds. The topological polar surface area (TPSA) is 88.4 Å². The molecule has 1 aliphatic rings. The number of fused-ring (bicyclic) bond motifs is 1. The highest BCUT2D eigenvalue weighted by atomic mass is 15.4. The summed E-state index contributed by atoms with van der Waals surface area (Å²) in [5.41, 5.74) is 2.10. The van der Waals surface area contributed by atoms with Crippen LogP contribution in [0.15, 0.2) is 30.3 Å². The van der Waals surface area contributed by atoms with E-state index in [1.165, 1.54) is 0 Å². The van der Waals surface area contributed by atoms with Crippen molar-refractivity contribution in [1.82, 2.24) is 34.7 Å². The number of para-hydroxylation sites is 2. The summed E-state index contributed by atoms with van der Waals surface area (Å²) in [6, 6.07) is 10.1. The summed E-state index contributed by atoms with van der Waals surface area (Å²) in [6.07, 6.45) is 0. The highest BCUT2D eigenvalue weighted by Crippen LogP contribution is 2.31. The van der Waals surface area contributed by atoms with Crippen LogP contribution in [0.2, 0.25) is 0 Å². The first-order valence-electron chi connectivity index (χ1n) is 9.03. The number of hydrogen-bond acceptors (Lipinski definition) is 6. The van der Waals surface area contributed by atoms with E-state index in [-0.39, 0.29) is 0 Å². The van der Waals surface area contributed by atoms with Crippen molar-refractivity contribution in [3.63, 3.8) is 0 Å². The van der Waals surface area contributed by atoms with Crippen molar-refractivity contribution >= 4 is 16.9 Å². The molecule has 1 saturated heterocycles. The van der Waals surface area contributed by atoms with Gasteiger partial charge in [0.1, 0.15) is 29.1 Å². The number of benzene rings is 1. The smallest absolute Gasteiger partial charge is 0.161 e. The van der Waals surface area contributed by atoms with Gasteiger partial charge in [0.2, 0.25) is 0 Å². The van der Waals surface area contributed by atoms with Crippen LogP contribution in [0.3, 0.4) is 0 Å². The van der Waals surface area contributed by atoms with Crippen LogP contribution >= 0.6 is 0 Å². The highest BCUT2D eigenvalue weighted by molar-refractivity contribution is 5.75. The number of rotatable bonds is 3. The van der Waals surface area contributed by atoms with Crippen LogP contribution in [0.1, 0.15) is 29.2 Å². The van der Waals surface area contributed by atoms with Gasteiger partial charge in [-0.05, 0) is 32.9 Å². The Bertz CT molecular complexity index is 1100. The number of H-pyrrole nitrogens is 1. The Hall–Kier alpha value is -3.29. The minimum Gasteiger partial charge on any atom is -0.355 e. The van der Waals surface area contributed by atoms with E-state index in [2.05, 4.69) is 36.0 Å². The Labute approximate surface area is 156 Å². The minimum absolute atomic E-state index is 0.381. The molecule has 1 N–H and O–H groups in total. The quantitative estimate of drug-likeness (QED) is 0.604. The molecule has 3 aromatic heterocycles. The zero-order valence-electron chi connectivity index (χ0n) is 15.5. The lowest BCUT2D eigenvalue weighted by Gasteiger charge is -2.39. The first-order valence-corrected chi connectivity index (χ1v) is 9.03. The average Bonchev–Trinajstić information content (AvgIpc) is 3.15. The SMILES string of the molecule is Cc1nc(N2CC(c3nc4ccccc4[nH]3)C2)cc(-n2nc(C)nc2C)n1. The van der Waals surface area contributed by atoms with Crippen LogP contribution in [0.4, 0.5) is 5.82 Å². The molecule has 4 heterocycles. The number of aromatic amines is 1. The molecule has 4 aromatic rings. The monoisotopic (exact) mass is 360 g/mol. The lowest BCUT2D eigenvalue weighted by Crippen LogP contribution is -2.46. The molecular formula is C19H20N8. The Morgan fingerprint density at radius 3 is 2.44 bits per heavy atom. The summed E-state index contributed by atoms with van der Waals surface area (Å²) in [5, 5.41) is 4.43. The van der Waals surface area contributed by atoms with E-state index in [4.69, 9.17) is 4.98 Å². The summed E-state index contributed by atoms with van der Waals surface area (Å²) >= 11 is 0. The molecule has 8 heteroatoms. The third kappa shape index (κ3) is 2.73. The second-order valence-corrected chi connectivity index (χ2v) is 6.99. The minimum atomic E-state index is 0.381. The van der Waals surface area contributed by atoms with E-state index in [0.717, 1.165) is 59.1 Å². The van der Waals surface area contributed by atoms with Gasteiger partial charge in [-0.15, -0.1) is 5.10 Å². The van der Waals surface area contributed by atoms with Crippen LogP contribution in [0, 0.1) is 20.8 Å². The zero-order valence-corrected chi connectivity index (χ0v) is 15.5. The summed E-state index contributed by atoms with van der Waals surface area (Å²) in [5.74, 6) is 5.37. The Kier molecular flexibility index (Phi) is 3.46. The molecule has 0 bridgehead atoms. The summed E-state index contributed by atoms with van der Waals surface area (Å²) in [6.45, 7) is 7.48. The normalized spacial score (nSPS) is 14.7. The predicted octanol–water partition coefficient (Wildman–Crippen LogP) is 2.46. The summed E-state index contributed by atoms with van der Waals surface area (Å²) in [4.78, 5) is 23.9. The first-order chi connectivity index (χ1) is 13.1. The number of imidazole rings is 1. The molecule has 0 atom stereocenters. The van der Waals surface area contributed by atoms with Crippen LogP contribution in [0.5, 0.6) is 0 Å². The summed E-state index contributed by atoms with van der Waals surface area (Å²) < 4.78 is 1.77. The van der Waals surface area contributed by atoms with Gasteiger partial charge in [-0.2, -0.15) is 4.68 Å². The third-order valence-electron chi connectivity index (χ3n) is 4.90. The molecule has 0 unspecified atom stereocenters. The number of aryl methyl sites for hydroxylation is 3. The highest BCUT2D eigenvalue weighted by Gasteiger charge is 2.32. The van der Waals surface area contributed by atoms with Crippen molar-refractivity contribution in [1.29, 1.82) is 0 Å². The van der Waals surface area contributed by atoms with Crippen molar-refractivity contribution in [2.45, 2.75) is 26.7 Å². The van der Waals surface area contributed by atoms with Gasteiger partial charge >= 0.3 is 0 Å². The van der Waals surface area contributed by atoms with E-state index in [1.807, 2.05) is 45.0 Å². The molecule has 1 fully saturated rings. The number of anilines is 1. The molecule has 0 saturated carbocycles. The van der Waals surface area contributed by atoms with Gasteiger partial charge in [0.15, 0.2) is 5.82 Å². The molecule has 0 radical (unpaired) electrons. The van der Waals surface area contributed by atoms with E-state index in [9.17, 15) is 0 Å². The molecular weight excluding hydrogens is 340 g/mol. The van der Waals surface area contributed by atoms with Crippen molar-refractivity contribution in [2.75, 3.05) is 18.0 Å². The van der Waals surface area contributed by atoms with Crippen molar-refractivity contribution in [2.24, 2.45) is 0 Å². The molecule has 27 heavy (non-hydrogen) atoms. The molecule has 5 rings (SSSR count). The lowest BCUT2D eigenvalue weighted by molar-refractivity contribution is 0.500. The summed E-state index contributed by atoms with van der Waals surface area (Å²) in [7, 11) is 0. The molecule has 1 aliphatic heterocycles. The fraction of sp³-hybridized carbons (Fsp3) is 0.316. The third-order valence-corrected chi connectivity index (χ3v) is 4.90. The standard InChI is InChI=1S/C19H20N8/c1-11-21-17(8-18(22-11)27-13(3)20-12(2)25-27)26-9-14(10-26)19-23-15-6-4-5-7-16(15)24-19/h4-8,14H,9-10H2,1-3H3,(H,23,24). The molecule has 0 spiro atoms. The van der Waals surface area contributed by atoms with Crippen molar-refractivity contribution < 1.29 is 0 Å². The number of nitrogens with one attached hydrogen (secondary N) is 1. The van der Waals surface area contributed by atoms with Gasteiger partial charge in [-0.25, -0.2) is 19.9 Å². The zero-order chi connectivity index (χ0) is 18.5. The Balaban J connectivity index is 1.39. The van der Waals surface area contributed by atoms with Crippen LogP contribution < -0.4 is 4.90 Å². The number of hydrogen-bond donors (Lipinski definition) is 1. The van der Waals surface area contributed by atoms with E-state index in [0.29, 0.717) is 5.92 Å². The largest absolute Gasteiger partial charge is 0.355 e. The fourth-order valence-electron chi connectivity index (χ4n) is 3.55. The van der Waals surface area contributed by atoms with Crippen LogP contribution in [0.25, 0.3) is 16.9 Å². The van der Waals surface area contributed by atoms with Gasteiger partial charge in [0, 0.05) is 19.2 Å². The van der Waals surface area contributed by atoms with Crippen molar-refractivity contribution in [3.8, 4) is 5.82 Å². The maximum atomic E-state index is 4.72. The van der Waals surface area contributed by atoms with Gasteiger partial charge in [-0.3, -0.25) is 0 Å². The van der Waals surface area contributed by atoms with Gasteiger partial charge < -0.3 is 9.88 Å². The molecule has 1 aromatic carbocycles. The number of nitrogens with zero attached hydrogens (tertiary/aromatic N) is 7. The lowest BCUT2D eigenvalue weighted by atomic mass is 9.99. The molecule has 136 valence electrons. The Morgan fingerprint density at radius 2 is 1.70 bits per heavy atom.